The van der Waals surface area contributed by atoms with Gasteiger partial charge < -0.3 is 5.32 Å². The van der Waals surface area contributed by atoms with Crippen molar-refractivity contribution in [2.24, 2.45) is 0 Å². The number of nitrogens with one attached hydrogen (secondary N) is 1. The van der Waals surface area contributed by atoms with Gasteiger partial charge in [-0.1, -0.05) is 30.3 Å². The number of aromatic nitrogens is 2. The Morgan fingerprint density at radius 3 is 2.59 bits per heavy atom. The molecule has 0 saturated carbocycles. The van der Waals surface area contributed by atoms with E-state index in [1.807, 2.05) is 30.3 Å². The van der Waals surface area contributed by atoms with E-state index in [-0.39, 0.29) is 11.6 Å². The lowest BCUT2D eigenvalue weighted by Crippen LogP contribution is -2.13. The fourth-order valence-corrected chi connectivity index (χ4v) is 3.83. The third kappa shape index (κ3) is 3.19. The Morgan fingerprint density at radius 1 is 0.862 bits per heavy atom. The van der Waals surface area contributed by atoms with Crippen LogP contribution in [0.4, 0.5) is 8.78 Å². The van der Waals surface area contributed by atoms with Gasteiger partial charge in [-0.2, -0.15) is 10.2 Å². The van der Waals surface area contributed by atoms with Crippen molar-refractivity contribution in [3.8, 4) is 11.3 Å². The molecule has 0 atom stereocenters. The summed E-state index contributed by atoms with van der Waals surface area (Å²) in [4.78, 5) is 0. The van der Waals surface area contributed by atoms with Crippen molar-refractivity contribution in [2.45, 2.75) is 6.54 Å². The minimum absolute atomic E-state index is 0.272. The highest BCUT2D eigenvalue weighted by atomic mass is 19.1. The van der Waals surface area contributed by atoms with Crippen LogP contribution in [-0.2, 0) is 6.54 Å². The summed E-state index contributed by atoms with van der Waals surface area (Å²) < 4.78 is 29.1. The van der Waals surface area contributed by atoms with E-state index < -0.39 is 0 Å². The molecule has 1 aliphatic rings. The topological polar surface area (TPSA) is 37.8 Å². The molecule has 1 aromatic heterocycles. The molecule has 5 rings (SSSR count). The first-order chi connectivity index (χ1) is 14.2. The standard InChI is InChI=1S/C24H17F2N3/c25-18-6-5-15-3-4-16(12-17(15)13-18)19-9-11-27-14-22-20(19)7-8-21(24(22)26)23-2-1-10-28-29-23/h1-10,12-13,27H,11,14H2. The Balaban J connectivity index is 1.65. The fourth-order valence-electron chi connectivity index (χ4n) is 3.83. The summed E-state index contributed by atoms with van der Waals surface area (Å²) in [6.45, 7) is 1.03. The fraction of sp³-hybridized carbons (Fsp3) is 0.0833. The van der Waals surface area contributed by atoms with Crippen molar-refractivity contribution < 1.29 is 8.78 Å². The van der Waals surface area contributed by atoms with E-state index in [1.165, 1.54) is 12.1 Å². The van der Waals surface area contributed by atoms with E-state index in [0.717, 1.165) is 27.5 Å². The molecule has 1 N–H and O–H groups in total. The molecule has 142 valence electrons. The van der Waals surface area contributed by atoms with Gasteiger partial charge in [0.1, 0.15) is 11.6 Å². The van der Waals surface area contributed by atoms with Gasteiger partial charge in [-0.05, 0) is 63.9 Å². The van der Waals surface area contributed by atoms with Gasteiger partial charge in [0.25, 0.3) is 0 Å². The van der Waals surface area contributed by atoms with Crippen molar-refractivity contribution >= 4 is 16.3 Å². The van der Waals surface area contributed by atoms with Gasteiger partial charge in [-0.25, -0.2) is 8.78 Å². The second-order valence-electron chi connectivity index (χ2n) is 7.02. The molecule has 5 heteroatoms. The zero-order valence-electron chi connectivity index (χ0n) is 15.5. The first-order valence-electron chi connectivity index (χ1n) is 9.41. The van der Waals surface area contributed by atoms with Gasteiger partial charge in [0, 0.05) is 30.4 Å². The lowest BCUT2D eigenvalue weighted by atomic mass is 9.91. The molecular formula is C24H17F2N3. The van der Waals surface area contributed by atoms with Crippen LogP contribution in [0.15, 0.2) is 72.9 Å². The Morgan fingerprint density at radius 2 is 1.72 bits per heavy atom. The monoisotopic (exact) mass is 385 g/mol. The van der Waals surface area contributed by atoms with Gasteiger partial charge in [-0.3, -0.25) is 0 Å². The van der Waals surface area contributed by atoms with Crippen LogP contribution < -0.4 is 5.32 Å². The average molecular weight is 385 g/mol. The average Bonchev–Trinajstić information content (AvgIpc) is 2.97. The van der Waals surface area contributed by atoms with Gasteiger partial charge in [0.15, 0.2) is 0 Å². The van der Waals surface area contributed by atoms with Gasteiger partial charge in [0.05, 0.1) is 5.69 Å². The quantitative estimate of drug-likeness (QED) is 0.521. The number of hydrogen-bond acceptors (Lipinski definition) is 3. The molecule has 4 aromatic rings. The maximum absolute atomic E-state index is 15.4. The lowest BCUT2D eigenvalue weighted by Gasteiger charge is -2.15. The molecule has 0 fully saturated rings. The van der Waals surface area contributed by atoms with Crippen LogP contribution >= 0.6 is 0 Å². The zero-order valence-corrected chi connectivity index (χ0v) is 15.5. The number of rotatable bonds is 2. The van der Waals surface area contributed by atoms with E-state index in [1.54, 1.807) is 30.5 Å². The van der Waals surface area contributed by atoms with Crippen molar-refractivity contribution in [1.29, 1.82) is 0 Å². The first kappa shape index (κ1) is 17.6. The van der Waals surface area contributed by atoms with Gasteiger partial charge in [0.2, 0.25) is 0 Å². The predicted octanol–water partition coefficient (Wildman–Crippen LogP) is 5.11. The van der Waals surface area contributed by atoms with Crippen LogP contribution in [0.5, 0.6) is 0 Å². The van der Waals surface area contributed by atoms with Crippen LogP contribution in [0.2, 0.25) is 0 Å². The molecule has 0 amide bonds. The van der Waals surface area contributed by atoms with E-state index in [9.17, 15) is 4.39 Å². The summed E-state index contributed by atoms with van der Waals surface area (Å²) in [5.74, 6) is -0.568. The van der Waals surface area contributed by atoms with Crippen LogP contribution in [0, 0.1) is 11.6 Å². The summed E-state index contributed by atoms with van der Waals surface area (Å²) in [7, 11) is 0. The van der Waals surface area contributed by atoms with Crippen LogP contribution in [0.3, 0.4) is 0 Å². The maximum atomic E-state index is 15.4. The smallest absolute Gasteiger partial charge is 0.137 e. The van der Waals surface area contributed by atoms with E-state index >= 15 is 4.39 Å². The van der Waals surface area contributed by atoms with Gasteiger partial charge >= 0.3 is 0 Å². The second-order valence-corrected chi connectivity index (χ2v) is 7.02. The number of hydrogen-bond donors (Lipinski definition) is 1. The zero-order chi connectivity index (χ0) is 19.8. The summed E-state index contributed by atoms with van der Waals surface area (Å²) in [5, 5.41) is 12.9. The summed E-state index contributed by atoms with van der Waals surface area (Å²) in [6, 6.07) is 17.8. The Labute approximate surface area is 166 Å². The third-order valence-corrected chi connectivity index (χ3v) is 5.25. The molecule has 3 nitrogen and oxygen atoms in total. The highest BCUT2D eigenvalue weighted by molar-refractivity contribution is 5.90. The molecule has 29 heavy (non-hydrogen) atoms. The van der Waals surface area contributed by atoms with Crippen molar-refractivity contribution in [2.75, 3.05) is 6.54 Å². The first-order valence-corrected chi connectivity index (χ1v) is 9.41. The molecule has 0 saturated heterocycles. The molecule has 0 bridgehead atoms. The van der Waals surface area contributed by atoms with Crippen LogP contribution in [0.25, 0.3) is 27.6 Å². The number of halogens is 2. The Hall–Kier alpha value is -3.44. The largest absolute Gasteiger partial charge is 0.309 e. The van der Waals surface area contributed by atoms with Gasteiger partial charge in [-0.15, -0.1) is 0 Å². The molecule has 3 aromatic carbocycles. The maximum Gasteiger partial charge on any atom is 0.137 e. The summed E-state index contributed by atoms with van der Waals surface area (Å²) in [6.07, 6.45) is 3.61. The molecule has 0 aliphatic carbocycles. The van der Waals surface area contributed by atoms with E-state index in [4.69, 9.17) is 0 Å². The molecule has 0 unspecified atom stereocenters. The number of benzene rings is 3. The minimum Gasteiger partial charge on any atom is -0.309 e. The van der Waals surface area contributed by atoms with Crippen molar-refractivity contribution in [1.82, 2.24) is 15.5 Å². The van der Waals surface area contributed by atoms with Crippen molar-refractivity contribution in [3.05, 3.63) is 101 Å². The summed E-state index contributed by atoms with van der Waals surface area (Å²) >= 11 is 0. The number of nitrogens with zero attached hydrogens (tertiary/aromatic N) is 2. The Kier molecular flexibility index (Phi) is 4.37. The molecule has 1 aliphatic heterocycles. The summed E-state index contributed by atoms with van der Waals surface area (Å²) in [5.41, 5.74) is 4.22. The van der Waals surface area contributed by atoms with E-state index in [2.05, 4.69) is 15.5 Å². The third-order valence-electron chi connectivity index (χ3n) is 5.25. The Bertz CT molecular complexity index is 1250. The molecule has 0 radical (unpaired) electrons. The lowest BCUT2D eigenvalue weighted by molar-refractivity contribution is 0.600. The highest BCUT2D eigenvalue weighted by Gasteiger charge is 2.20. The molecular weight excluding hydrogens is 368 g/mol. The normalized spacial score (nSPS) is 13.7. The molecule has 2 heterocycles. The van der Waals surface area contributed by atoms with Crippen molar-refractivity contribution in [3.63, 3.8) is 0 Å². The highest BCUT2D eigenvalue weighted by Crippen LogP contribution is 2.34. The minimum atomic E-state index is -0.296. The SMILES string of the molecule is Fc1ccc2ccc(C3=CCNCc4c3ccc(-c3cccnn3)c4F)cc2c1. The van der Waals surface area contributed by atoms with E-state index in [0.29, 0.717) is 29.9 Å². The number of fused-ring (bicyclic) bond motifs is 2. The second kappa shape index (κ2) is 7.18. The van der Waals surface area contributed by atoms with Crippen LogP contribution in [0.1, 0.15) is 16.7 Å². The predicted molar refractivity (Wildman–Crippen MR) is 110 cm³/mol. The van der Waals surface area contributed by atoms with Crippen LogP contribution in [-0.4, -0.2) is 16.7 Å². The molecule has 0 spiro atoms.